The van der Waals surface area contributed by atoms with Gasteiger partial charge in [-0.1, -0.05) is 17.7 Å². The quantitative estimate of drug-likeness (QED) is 0.637. The lowest BCUT2D eigenvalue weighted by Crippen LogP contribution is -2.48. The van der Waals surface area contributed by atoms with Crippen molar-refractivity contribution in [3.63, 3.8) is 0 Å². The number of nitro groups is 1. The number of hydrogen-bond acceptors (Lipinski definition) is 5. The van der Waals surface area contributed by atoms with Gasteiger partial charge in [0.2, 0.25) is 0 Å². The van der Waals surface area contributed by atoms with Gasteiger partial charge in [-0.05, 0) is 29.8 Å². The zero-order valence-electron chi connectivity index (χ0n) is 14.3. The fraction of sp³-hybridized carbons (Fsp3) is 0.278. The molecule has 0 unspecified atom stereocenters. The molecule has 1 amide bonds. The number of benzene rings is 2. The zero-order chi connectivity index (χ0) is 19.6. The Kier molecular flexibility index (Phi) is 5.57. The molecule has 9 heteroatoms. The summed E-state index contributed by atoms with van der Waals surface area (Å²) in [6, 6.07) is 7.86. The van der Waals surface area contributed by atoms with Crippen LogP contribution in [0.1, 0.15) is 15.9 Å². The highest BCUT2D eigenvalue weighted by Crippen LogP contribution is 2.27. The molecule has 142 valence electrons. The highest BCUT2D eigenvalue weighted by Gasteiger charge is 2.24. The molecule has 0 radical (unpaired) electrons. The fourth-order valence-electron chi connectivity index (χ4n) is 2.99. The number of hydrogen-bond donors (Lipinski definition) is 1. The molecular formula is C18H17ClFN3O4. The normalized spacial score (nSPS) is 15.0. The summed E-state index contributed by atoms with van der Waals surface area (Å²) >= 11 is 6.05. The second-order valence-corrected chi connectivity index (χ2v) is 6.67. The molecule has 1 aliphatic rings. The van der Waals surface area contributed by atoms with Crippen molar-refractivity contribution in [3.05, 3.63) is 68.5 Å². The summed E-state index contributed by atoms with van der Waals surface area (Å²) in [6.45, 7) is 2.71. The van der Waals surface area contributed by atoms with Crippen LogP contribution in [0.25, 0.3) is 0 Å². The number of nitro benzene ring substituents is 1. The van der Waals surface area contributed by atoms with Gasteiger partial charge in [0.1, 0.15) is 5.82 Å². The van der Waals surface area contributed by atoms with Crippen LogP contribution in [0.3, 0.4) is 0 Å². The van der Waals surface area contributed by atoms with E-state index in [0.29, 0.717) is 37.7 Å². The van der Waals surface area contributed by atoms with Crippen molar-refractivity contribution in [1.82, 2.24) is 9.80 Å². The SMILES string of the molecule is O=C(c1ccc([N+](=O)[O-])c(O)c1)N1CCN(Cc2ccc(F)cc2Cl)CC1. The second kappa shape index (κ2) is 7.89. The van der Waals surface area contributed by atoms with Gasteiger partial charge in [0.05, 0.1) is 4.92 Å². The first-order valence-corrected chi connectivity index (χ1v) is 8.66. The van der Waals surface area contributed by atoms with Gasteiger partial charge in [-0.3, -0.25) is 19.8 Å². The van der Waals surface area contributed by atoms with E-state index in [1.165, 1.54) is 18.2 Å². The third-order valence-corrected chi connectivity index (χ3v) is 4.84. The first-order valence-electron chi connectivity index (χ1n) is 8.28. The number of carbonyl (C=O) groups excluding carboxylic acids is 1. The van der Waals surface area contributed by atoms with Gasteiger partial charge in [-0.25, -0.2) is 4.39 Å². The topological polar surface area (TPSA) is 86.9 Å². The van der Waals surface area contributed by atoms with Gasteiger partial charge in [-0.15, -0.1) is 0 Å². The predicted molar refractivity (Wildman–Crippen MR) is 97.4 cm³/mol. The minimum Gasteiger partial charge on any atom is -0.502 e. The molecular weight excluding hydrogens is 377 g/mol. The monoisotopic (exact) mass is 393 g/mol. The summed E-state index contributed by atoms with van der Waals surface area (Å²) in [7, 11) is 0. The molecule has 0 spiro atoms. The van der Waals surface area contributed by atoms with Gasteiger partial charge in [0, 0.05) is 49.4 Å². The van der Waals surface area contributed by atoms with Crippen molar-refractivity contribution >= 4 is 23.2 Å². The number of amides is 1. The van der Waals surface area contributed by atoms with Crippen molar-refractivity contribution in [2.75, 3.05) is 26.2 Å². The lowest BCUT2D eigenvalue weighted by Gasteiger charge is -2.35. The number of aromatic hydroxyl groups is 1. The van der Waals surface area contributed by atoms with Crippen LogP contribution in [0.2, 0.25) is 5.02 Å². The molecule has 0 aromatic heterocycles. The van der Waals surface area contributed by atoms with E-state index in [-0.39, 0.29) is 17.3 Å². The lowest BCUT2D eigenvalue weighted by atomic mass is 10.1. The molecule has 1 heterocycles. The van der Waals surface area contributed by atoms with Crippen LogP contribution in [0, 0.1) is 15.9 Å². The number of carbonyl (C=O) groups is 1. The maximum atomic E-state index is 13.1. The second-order valence-electron chi connectivity index (χ2n) is 6.26. The van der Waals surface area contributed by atoms with Crippen LogP contribution in [-0.4, -0.2) is 51.9 Å². The summed E-state index contributed by atoms with van der Waals surface area (Å²) in [5.41, 5.74) is 0.582. The van der Waals surface area contributed by atoms with Crippen LogP contribution < -0.4 is 0 Å². The van der Waals surface area contributed by atoms with Crippen LogP contribution in [0.15, 0.2) is 36.4 Å². The number of phenolic OH excluding ortho intramolecular Hbond substituents is 1. The largest absolute Gasteiger partial charge is 0.502 e. The zero-order valence-corrected chi connectivity index (χ0v) is 15.0. The van der Waals surface area contributed by atoms with E-state index in [1.807, 2.05) is 0 Å². The maximum Gasteiger partial charge on any atom is 0.310 e. The molecule has 0 atom stereocenters. The van der Waals surface area contributed by atoms with Gasteiger partial charge in [-0.2, -0.15) is 0 Å². The van der Waals surface area contributed by atoms with Gasteiger partial charge in [0.25, 0.3) is 5.91 Å². The molecule has 2 aromatic carbocycles. The molecule has 0 saturated carbocycles. The van der Waals surface area contributed by atoms with Crippen molar-refractivity contribution < 1.29 is 19.2 Å². The summed E-state index contributed by atoms with van der Waals surface area (Å²) in [6.07, 6.45) is 0. The Bertz CT molecular complexity index is 885. The predicted octanol–water partition coefficient (Wildman–Crippen LogP) is 3.05. The molecule has 7 nitrogen and oxygen atoms in total. The first kappa shape index (κ1) is 19.1. The Morgan fingerprint density at radius 2 is 1.89 bits per heavy atom. The van der Waals surface area contributed by atoms with Crippen LogP contribution in [0.4, 0.5) is 10.1 Å². The standard InChI is InChI=1S/C18H17ClFN3O4/c19-15-10-14(20)3-1-13(15)11-21-5-7-22(8-6-21)18(25)12-2-4-16(23(26)27)17(24)9-12/h1-4,9-10,24H,5-8,11H2. The van der Waals surface area contributed by atoms with E-state index in [4.69, 9.17) is 11.6 Å². The number of phenols is 1. The van der Waals surface area contributed by atoms with E-state index < -0.39 is 16.4 Å². The summed E-state index contributed by atoms with van der Waals surface area (Å²) in [4.78, 5) is 26.3. The van der Waals surface area contributed by atoms with Gasteiger partial charge < -0.3 is 10.0 Å². The highest BCUT2D eigenvalue weighted by atomic mass is 35.5. The number of piperazine rings is 1. The molecule has 0 aliphatic carbocycles. The smallest absolute Gasteiger partial charge is 0.310 e. The van der Waals surface area contributed by atoms with E-state index in [0.717, 1.165) is 17.7 Å². The van der Waals surface area contributed by atoms with Crippen LogP contribution in [-0.2, 0) is 6.54 Å². The number of nitrogens with zero attached hydrogens (tertiary/aromatic N) is 3. The van der Waals surface area contributed by atoms with Crippen LogP contribution in [0.5, 0.6) is 5.75 Å². The van der Waals surface area contributed by atoms with E-state index in [1.54, 1.807) is 11.0 Å². The molecule has 3 rings (SSSR count). The number of rotatable bonds is 4. The van der Waals surface area contributed by atoms with Crippen molar-refractivity contribution in [2.45, 2.75) is 6.54 Å². The molecule has 1 N–H and O–H groups in total. The van der Waals surface area contributed by atoms with E-state index >= 15 is 0 Å². The van der Waals surface area contributed by atoms with Crippen LogP contribution >= 0.6 is 11.6 Å². The average Bonchev–Trinajstić information content (AvgIpc) is 2.63. The summed E-state index contributed by atoms with van der Waals surface area (Å²) in [5, 5.41) is 20.8. The van der Waals surface area contributed by atoms with Gasteiger partial charge >= 0.3 is 5.69 Å². The molecule has 0 bridgehead atoms. The Morgan fingerprint density at radius 3 is 2.48 bits per heavy atom. The van der Waals surface area contributed by atoms with Crippen molar-refractivity contribution in [2.24, 2.45) is 0 Å². The average molecular weight is 394 g/mol. The van der Waals surface area contributed by atoms with E-state index in [2.05, 4.69) is 4.90 Å². The maximum absolute atomic E-state index is 13.1. The summed E-state index contributed by atoms with van der Waals surface area (Å²) < 4.78 is 13.1. The minimum atomic E-state index is -0.705. The lowest BCUT2D eigenvalue weighted by molar-refractivity contribution is -0.385. The van der Waals surface area contributed by atoms with Crippen molar-refractivity contribution in [3.8, 4) is 5.75 Å². The molecule has 27 heavy (non-hydrogen) atoms. The molecule has 1 fully saturated rings. The van der Waals surface area contributed by atoms with Gasteiger partial charge in [0.15, 0.2) is 5.75 Å². The highest BCUT2D eigenvalue weighted by molar-refractivity contribution is 6.31. The Labute approximate surface area is 159 Å². The third-order valence-electron chi connectivity index (χ3n) is 4.49. The Morgan fingerprint density at radius 1 is 1.19 bits per heavy atom. The molecule has 2 aromatic rings. The first-order chi connectivity index (χ1) is 12.8. The minimum absolute atomic E-state index is 0.202. The Hall–Kier alpha value is -2.71. The molecule has 1 saturated heterocycles. The summed E-state index contributed by atoms with van der Waals surface area (Å²) in [5.74, 6) is -1.21. The fourth-order valence-corrected chi connectivity index (χ4v) is 3.22. The Balaban J connectivity index is 1.61. The third kappa shape index (κ3) is 4.35. The number of halogens is 2. The van der Waals surface area contributed by atoms with E-state index in [9.17, 15) is 24.4 Å². The molecule has 1 aliphatic heterocycles. The van der Waals surface area contributed by atoms with Crippen molar-refractivity contribution in [1.29, 1.82) is 0 Å².